The van der Waals surface area contributed by atoms with Crippen molar-refractivity contribution in [3.8, 4) is 0 Å². The van der Waals surface area contributed by atoms with Gasteiger partial charge in [-0.3, -0.25) is 4.79 Å². The average Bonchev–Trinajstić information content (AvgIpc) is 2.31. The first-order valence-electron chi connectivity index (χ1n) is 6.05. The molecule has 0 saturated carbocycles. The van der Waals surface area contributed by atoms with Gasteiger partial charge in [0, 0.05) is 17.3 Å². The summed E-state index contributed by atoms with van der Waals surface area (Å²) in [5.74, 6) is 0.190. The molecule has 3 nitrogen and oxygen atoms in total. The van der Waals surface area contributed by atoms with Crippen LogP contribution >= 0.6 is 15.9 Å². The highest BCUT2D eigenvalue weighted by Crippen LogP contribution is 2.28. The van der Waals surface area contributed by atoms with Crippen molar-refractivity contribution in [1.29, 1.82) is 0 Å². The molecule has 0 aliphatic rings. The van der Waals surface area contributed by atoms with Crippen LogP contribution in [-0.4, -0.2) is 19.6 Å². The van der Waals surface area contributed by atoms with Gasteiger partial charge in [0.2, 0.25) is 5.91 Å². The maximum absolute atomic E-state index is 12.0. The van der Waals surface area contributed by atoms with E-state index in [1.807, 2.05) is 25.1 Å². The first kappa shape index (κ1) is 15.2. The molecule has 1 aromatic carbocycles. The quantitative estimate of drug-likeness (QED) is 0.898. The van der Waals surface area contributed by atoms with E-state index in [1.54, 1.807) is 7.11 Å². The second kappa shape index (κ2) is 6.90. The van der Waals surface area contributed by atoms with E-state index in [0.29, 0.717) is 12.5 Å². The van der Waals surface area contributed by atoms with Crippen molar-refractivity contribution in [3.05, 3.63) is 28.2 Å². The zero-order valence-electron chi connectivity index (χ0n) is 11.3. The monoisotopic (exact) mass is 313 g/mol. The number of hydrogen-bond acceptors (Lipinski definition) is 2. The first-order chi connectivity index (χ1) is 8.45. The van der Waals surface area contributed by atoms with Crippen LogP contribution in [-0.2, 0) is 9.53 Å². The summed E-state index contributed by atoms with van der Waals surface area (Å²) >= 11 is 3.45. The Labute approximate surface area is 117 Å². The molecule has 1 N–H and O–H groups in total. The molecule has 0 bridgehead atoms. The van der Waals surface area contributed by atoms with E-state index < -0.39 is 0 Å². The standard InChI is InChI=1S/C14H20BrNO2/c1-9(2)12-7-11(15)5-6-13(12)16-14(17)10(3)8-18-4/h5-7,9-10H,8H2,1-4H3,(H,16,17)/t10-/m1/s1. The van der Waals surface area contributed by atoms with Crippen LogP contribution in [0.15, 0.2) is 22.7 Å². The minimum absolute atomic E-state index is 0.0129. The topological polar surface area (TPSA) is 38.3 Å². The van der Waals surface area contributed by atoms with Gasteiger partial charge in [0.1, 0.15) is 0 Å². The fraction of sp³-hybridized carbons (Fsp3) is 0.500. The molecule has 0 aliphatic heterocycles. The molecule has 1 aromatic rings. The summed E-state index contributed by atoms with van der Waals surface area (Å²) in [5.41, 5.74) is 2.00. The van der Waals surface area contributed by atoms with Crippen molar-refractivity contribution in [2.75, 3.05) is 19.0 Å². The summed E-state index contributed by atoms with van der Waals surface area (Å²) in [5, 5.41) is 2.96. The third kappa shape index (κ3) is 4.10. The molecular formula is C14H20BrNO2. The van der Waals surface area contributed by atoms with Gasteiger partial charge in [-0.2, -0.15) is 0 Å². The molecule has 1 rings (SSSR count). The lowest BCUT2D eigenvalue weighted by molar-refractivity contribution is -0.120. The number of amides is 1. The van der Waals surface area contributed by atoms with Gasteiger partial charge in [0.05, 0.1) is 12.5 Å². The van der Waals surface area contributed by atoms with E-state index >= 15 is 0 Å². The number of methoxy groups -OCH3 is 1. The van der Waals surface area contributed by atoms with Crippen LogP contribution in [0.2, 0.25) is 0 Å². The lowest BCUT2D eigenvalue weighted by Crippen LogP contribution is -2.24. The van der Waals surface area contributed by atoms with Crippen molar-refractivity contribution in [2.45, 2.75) is 26.7 Å². The fourth-order valence-corrected chi connectivity index (χ4v) is 2.09. The highest BCUT2D eigenvalue weighted by Gasteiger charge is 2.15. The second-order valence-electron chi connectivity index (χ2n) is 4.73. The molecule has 0 radical (unpaired) electrons. The van der Waals surface area contributed by atoms with E-state index in [9.17, 15) is 4.79 Å². The normalized spacial score (nSPS) is 12.6. The molecule has 1 atom stereocenters. The van der Waals surface area contributed by atoms with Crippen LogP contribution in [0.4, 0.5) is 5.69 Å². The summed E-state index contributed by atoms with van der Waals surface area (Å²) in [7, 11) is 1.60. The fourth-order valence-electron chi connectivity index (χ4n) is 1.71. The van der Waals surface area contributed by atoms with E-state index in [-0.39, 0.29) is 11.8 Å². The van der Waals surface area contributed by atoms with Gasteiger partial charge in [0.25, 0.3) is 0 Å². The molecule has 1 amide bonds. The van der Waals surface area contributed by atoms with Crippen LogP contribution < -0.4 is 5.32 Å². The van der Waals surface area contributed by atoms with Gasteiger partial charge >= 0.3 is 0 Å². The van der Waals surface area contributed by atoms with Crippen LogP contribution in [0.3, 0.4) is 0 Å². The largest absolute Gasteiger partial charge is 0.384 e. The van der Waals surface area contributed by atoms with Crippen molar-refractivity contribution in [3.63, 3.8) is 0 Å². The highest BCUT2D eigenvalue weighted by atomic mass is 79.9. The summed E-state index contributed by atoms with van der Waals surface area (Å²) in [4.78, 5) is 12.0. The molecule has 0 spiro atoms. The number of nitrogens with one attached hydrogen (secondary N) is 1. The van der Waals surface area contributed by atoms with Crippen LogP contribution in [0.1, 0.15) is 32.3 Å². The third-order valence-corrected chi connectivity index (χ3v) is 3.25. The summed E-state index contributed by atoms with van der Waals surface area (Å²) < 4.78 is 6.01. The summed E-state index contributed by atoms with van der Waals surface area (Å²) in [6.07, 6.45) is 0. The third-order valence-electron chi connectivity index (χ3n) is 2.76. The predicted molar refractivity (Wildman–Crippen MR) is 77.9 cm³/mol. The molecule has 100 valence electrons. The zero-order chi connectivity index (χ0) is 13.7. The number of rotatable bonds is 5. The van der Waals surface area contributed by atoms with Gasteiger partial charge in [-0.25, -0.2) is 0 Å². The molecule has 18 heavy (non-hydrogen) atoms. The van der Waals surface area contributed by atoms with E-state index in [0.717, 1.165) is 15.7 Å². The van der Waals surface area contributed by atoms with Crippen molar-refractivity contribution in [1.82, 2.24) is 0 Å². The number of carbonyl (C=O) groups excluding carboxylic acids is 1. The zero-order valence-corrected chi connectivity index (χ0v) is 12.9. The Balaban J connectivity index is 2.87. The van der Waals surface area contributed by atoms with Crippen LogP contribution in [0, 0.1) is 5.92 Å². The second-order valence-corrected chi connectivity index (χ2v) is 5.65. The average molecular weight is 314 g/mol. The Morgan fingerprint density at radius 2 is 2.06 bits per heavy atom. The van der Waals surface area contributed by atoms with Crippen molar-refractivity contribution >= 4 is 27.5 Å². The number of benzene rings is 1. The molecule has 0 heterocycles. The lowest BCUT2D eigenvalue weighted by Gasteiger charge is -2.16. The Hall–Kier alpha value is -0.870. The molecule has 0 unspecified atom stereocenters. The van der Waals surface area contributed by atoms with Gasteiger partial charge in [-0.05, 0) is 29.7 Å². The Morgan fingerprint density at radius 3 is 2.61 bits per heavy atom. The molecule has 4 heteroatoms. The minimum Gasteiger partial charge on any atom is -0.384 e. The van der Waals surface area contributed by atoms with Gasteiger partial charge in [0.15, 0.2) is 0 Å². The van der Waals surface area contributed by atoms with Crippen molar-refractivity contribution in [2.24, 2.45) is 5.92 Å². The Morgan fingerprint density at radius 1 is 1.39 bits per heavy atom. The van der Waals surface area contributed by atoms with Crippen LogP contribution in [0.5, 0.6) is 0 Å². The predicted octanol–water partition coefficient (Wildman–Crippen LogP) is 3.79. The van der Waals surface area contributed by atoms with E-state index in [4.69, 9.17) is 4.74 Å². The smallest absolute Gasteiger partial charge is 0.229 e. The Kier molecular flexibility index (Phi) is 5.82. The van der Waals surface area contributed by atoms with E-state index in [1.165, 1.54) is 0 Å². The Bertz CT molecular complexity index is 418. The SMILES string of the molecule is COC[C@@H](C)C(=O)Nc1ccc(Br)cc1C(C)C. The highest BCUT2D eigenvalue weighted by molar-refractivity contribution is 9.10. The molecule has 0 fully saturated rings. The first-order valence-corrected chi connectivity index (χ1v) is 6.84. The number of hydrogen-bond donors (Lipinski definition) is 1. The molecule has 0 aliphatic carbocycles. The maximum atomic E-state index is 12.0. The van der Waals surface area contributed by atoms with Crippen molar-refractivity contribution < 1.29 is 9.53 Å². The van der Waals surface area contributed by atoms with Gasteiger partial charge in [-0.1, -0.05) is 36.7 Å². The van der Waals surface area contributed by atoms with E-state index in [2.05, 4.69) is 35.1 Å². The number of anilines is 1. The molecular weight excluding hydrogens is 294 g/mol. The van der Waals surface area contributed by atoms with Gasteiger partial charge in [-0.15, -0.1) is 0 Å². The summed E-state index contributed by atoms with van der Waals surface area (Å²) in [6.45, 7) is 6.50. The number of halogens is 1. The number of ether oxygens (including phenoxy) is 1. The minimum atomic E-state index is -0.154. The maximum Gasteiger partial charge on any atom is 0.229 e. The molecule has 0 saturated heterocycles. The van der Waals surface area contributed by atoms with Gasteiger partial charge < -0.3 is 10.1 Å². The molecule has 0 aromatic heterocycles. The number of carbonyl (C=O) groups is 1. The van der Waals surface area contributed by atoms with Crippen LogP contribution in [0.25, 0.3) is 0 Å². The summed E-state index contributed by atoms with van der Waals surface area (Å²) in [6, 6.07) is 5.90. The lowest BCUT2D eigenvalue weighted by atomic mass is 10.0.